The second-order valence-electron chi connectivity index (χ2n) is 7.31. The van der Waals surface area contributed by atoms with E-state index in [4.69, 9.17) is 10.5 Å². The molecule has 1 atom stereocenters. The molecule has 5 nitrogen and oxygen atoms in total. The Morgan fingerprint density at radius 3 is 2.39 bits per heavy atom. The molecule has 6 heteroatoms. The number of aryl methyl sites for hydroxylation is 3. The summed E-state index contributed by atoms with van der Waals surface area (Å²) in [5.41, 5.74) is 12.1. The summed E-state index contributed by atoms with van der Waals surface area (Å²) in [4.78, 5) is 7.10. The fraction of sp³-hybridized carbons (Fsp3) is 0.409. The molecular formula is C22H31IN4O. The summed E-state index contributed by atoms with van der Waals surface area (Å²) in [5, 5.41) is 3.23. The van der Waals surface area contributed by atoms with Crippen LogP contribution in [0.1, 0.15) is 28.3 Å². The first-order valence-electron chi connectivity index (χ1n) is 9.55. The predicted molar refractivity (Wildman–Crippen MR) is 128 cm³/mol. The van der Waals surface area contributed by atoms with Crippen LogP contribution in [0.2, 0.25) is 0 Å². The second kappa shape index (κ2) is 10.8. The van der Waals surface area contributed by atoms with Crippen LogP contribution in [0.3, 0.4) is 0 Å². The standard InChI is InChI=1S/C22H30N4O.HI/c1-16-5-4-6-19(12-16)21(26-7-9-27-10-8-26)15-24-22(23)25-20-13-17(2)11-18(3)14-20;/h4-6,11-14,21H,7-10,15H2,1-3H3,(H3,23,24,25);1H. The molecule has 1 aliphatic rings. The van der Waals surface area contributed by atoms with Gasteiger partial charge in [-0.3, -0.25) is 9.89 Å². The molecule has 0 aliphatic carbocycles. The Balaban J connectivity index is 0.00000280. The zero-order valence-corrected chi connectivity index (χ0v) is 19.3. The van der Waals surface area contributed by atoms with E-state index >= 15 is 0 Å². The van der Waals surface area contributed by atoms with Crippen molar-refractivity contribution in [3.8, 4) is 0 Å². The van der Waals surface area contributed by atoms with Gasteiger partial charge in [0.25, 0.3) is 0 Å². The number of benzene rings is 2. The lowest BCUT2D eigenvalue weighted by Gasteiger charge is -2.34. The van der Waals surface area contributed by atoms with E-state index in [-0.39, 0.29) is 30.0 Å². The molecule has 0 spiro atoms. The van der Waals surface area contributed by atoms with Gasteiger partial charge in [-0.15, -0.1) is 24.0 Å². The quantitative estimate of drug-likeness (QED) is 0.375. The van der Waals surface area contributed by atoms with E-state index < -0.39 is 0 Å². The zero-order valence-electron chi connectivity index (χ0n) is 16.9. The summed E-state index contributed by atoms with van der Waals surface area (Å²) in [6.07, 6.45) is 0. The van der Waals surface area contributed by atoms with Crippen LogP contribution in [0.25, 0.3) is 0 Å². The zero-order chi connectivity index (χ0) is 19.2. The van der Waals surface area contributed by atoms with Gasteiger partial charge in [-0.1, -0.05) is 35.9 Å². The van der Waals surface area contributed by atoms with Crippen molar-refractivity contribution >= 4 is 35.6 Å². The molecule has 1 heterocycles. The Bertz CT molecular complexity index is 783. The molecule has 0 bridgehead atoms. The number of hydrogen-bond acceptors (Lipinski definition) is 3. The van der Waals surface area contributed by atoms with Gasteiger partial charge in [-0.2, -0.15) is 0 Å². The molecule has 152 valence electrons. The fourth-order valence-corrected chi connectivity index (χ4v) is 3.62. The predicted octanol–water partition coefficient (Wildman–Crippen LogP) is 4.03. The lowest BCUT2D eigenvalue weighted by molar-refractivity contribution is 0.0180. The van der Waals surface area contributed by atoms with Crippen molar-refractivity contribution in [1.82, 2.24) is 4.90 Å². The molecule has 1 unspecified atom stereocenters. The maximum atomic E-state index is 6.19. The Morgan fingerprint density at radius 1 is 1.07 bits per heavy atom. The van der Waals surface area contributed by atoms with E-state index in [0.29, 0.717) is 12.5 Å². The Labute approximate surface area is 185 Å². The second-order valence-corrected chi connectivity index (χ2v) is 7.31. The smallest absolute Gasteiger partial charge is 0.193 e. The summed E-state index contributed by atoms with van der Waals surface area (Å²) in [5.74, 6) is 0.450. The number of nitrogens with two attached hydrogens (primary N) is 1. The van der Waals surface area contributed by atoms with Crippen molar-refractivity contribution in [2.24, 2.45) is 10.7 Å². The minimum Gasteiger partial charge on any atom is -0.379 e. The van der Waals surface area contributed by atoms with E-state index in [1.165, 1.54) is 22.3 Å². The van der Waals surface area contributed by atoms with E-state index in [2.05, 4.69) is 78.4 Å². The molecule has 2 aromatic rings. The number of morpholine rings is 1. The summed E-state index contributed by atoms with van der Waals surface area (Å²) in [7, 11) is 0. The first-order valence-corrected chi connectivity index (χ1v) is 9.55. The first kappa shape index (κ1) is 22.6. The van der Waals surface area contributed by atoms with Crippen LogP contribution in [-0.4, -0.2) is 43.7 Å². The molecule has 1 saturated heterocycles. The highest BCUT2D eigenvalue weighted by Gasteiger charge is 2.22. The van der Waals surface area contributed by atoms with Crippen molar-refractivity contribution in [3.63, 3.8) is 0 Å². The lowest BCUT2D eigenvalue weighted by atomic mass is 10.0. The van der Waals surface area contributed by atoms with Crippen LogP contribution in [0, 0.1) is 20.8 Å². The Kier molecular flexibility index (Phi) is 8.72. The molecule has 0 radical (unpaired) electrons. The van der Waals surface area contributed by atoms with Gasteiger partial charge in [0.05, 0.1) is 25.8 Å². The van der Waals surface area contributed by atoms with Crippen LogP contribution in [0.5, 0.6) is 0 Å². The molecule has 3 N–H and O–H groups in total. The highest BCUT2D eigenvalue weighted by molar-refractivity contribution is 14.0. The number of anilines is 1. The van der Waals surface area contributed by atoms with Gasteiger partial charge in [-0.25, -0.2) is 0 Å². The highest BCUT2D eigenvalue weighted by atomic mass is 127. The van der Waals surface area contributed by atoms with Gasteiger partial charge in [0.1, 0.15) is 0 Å². The van der Waals surface area contributed by atoms with Crippen molar-refractivity contribution < 1.29 is 4.74 Å². The minimum absolute atomic E-state index is 0. The Morgan fingerprint density at radius 2 is 1.75 bits per heavy atom. The number of hydrogen-bond donors (Lipinski definition) is 2. The van der Waals surface area contributed by atoms with Gasteiger partial charge in [0.15, 0.2) is 5.96 Å². The minimum atomic E-state index is 0. The molecular weight excluding hydrogens is 463 g/mol. The number of aliphatic imine (C=N–C) groups is 1. The molecule has 1 aliphatic heterocycles. The van der Waals surface area contributed by atoms with Crippen LogP contribution >= 0.6 is 24.0 Å². The van der Waals surface area contributed by atoms with Crippen LogP contribution in [-0.2, 0) is 4.74 Å². The molecule has 1 fully saturated rings. The van der Waals surface area contributed by atoms with Gasteiger partial charge in [0.2, 0.25) is 0 Å². The largest absolute Gasteiger partial charge is 0.379 e. The summed E-state index contributed by atoms with van der Waals surface area (Å²) >= 11 is 0. The number of guanidine groups is 1. The summed E-state index contributed by atoms with van der Waals surface area (Å²) in [6, 6.07) is 15.2. The normalized spacial score (nSPS) is 16.3. The van der Waals surface area contributed by atoms with Crippen molar-refractivity contribution in [2.45, 2.75) is 26.8 Å². The van der Waals surface area contributed by atoms with Crippen molar-refractivity contribution in [2.75, 3.05) is 38.2 Å². The highest BCUT2D eigenvalue weighted by Crippen LogP contribution is 2.23. The van der Waals surface area contributed by atoms with Gasteiger partial charge < -0.3 is 15.8 Å². The average Bonchev–Trinajstić information content (AvgIpc) is 2.62. The third-order valence-electron chi connectivity index (χ3n) is 4.84. The number of ether oxygens (including phenoxy) is 1. The average molecular weight is 494 g/mol. The lowest BCUT2D eigenvalue weighted by Crippen LogP contribution is -2.40. The van der Waals surface area contributed by atoms with E-state index in [9.17, 15) is 0 Å². The SMILES string of the molecule is Cc1cc(C)cc(NC(N)=NCC(c2cccc(C)c2)N2CCOCC2)c1.I. The Hall–Kier alpha value is -1.64. The number of nitrogens with one attached hydrogen (secondary N) is 1. The first-order chi connectivity index (χ1) is 13.0. The monoisotopic (exact) mass is 494 g/mol. The number of nitrogens with zero attached hydrogens (tertiary/aromatic N) is 2. The van der Waals surface area contributed by atoms with Crippen LogP contribution < -0.4 is 11.1 Å². The molecule has 28 heavy (non-hydrogen) atoms. The van der Waals surface area contributed by atoms with Crippen LogP contribution in [0.15, 0.2) is 47.5 Å². The van der Waals surface area contributed by atoms with Crippen molar-refractivity contribution in [1.29, 1.82) is 0 Å². The number of rotatable bonds is 5. The molecule has 0 aromatic heterocycles. The van der Waals surface area contributed by atoms with Crippen molar-refractivity contribution in [3.05, 3.63) is 64.7 Å². The van der Waals surface area contributed by atoms with E-state index in [1.807, 2.05) is 0 Å². The molecule has 0 amide bonds. The summed E-state index contributed by atoms with van der Waals surface area (Å²) in [6.45, 7) is 10.3. The number of halogens is 1. The third-order valence-corrected chi connectivity index (χ3v) is 4.84. The third kappa shape index (κ3) is 6.46. The summed E-state index contributed by atoms with van der Waals surface area (Å²) < 4.78 is 5.52. The van der Waals surface area contributed by atoms with E-state index in [0.717, 1.165) is 32.0 Å². The van der Waals surface area contributed by atoms with E-state index in [1.54, 1.807) is 0 Å². The fourth-order valence-electron chi connectivity index (χ4n) is 3.62. The van der Waals surface area contributed by atoms with Gasteiger partial charge in [0, 0.05) is 18.8 Å². The van der Waals surface area contributed by atoms with Crippen LogP contribution in [0.4, 0.5) is 5.69 Å². The molecule has 3 rings (SSSR count). The topological polar surface area (TPSA) is 62.9 Å². The van der Waals surface area contributed by atoms with Gasteiger partial charge in [-0.05, 0) is 49.6 Å². The van der Waals surface area contributed by atoms with Gasteiger partial charge >= 0.3 is 0 Å². The molecule has 0 saturated carbocycles. The maximum Gasteiger partial charge on any atom is 0.193 e. The maximum absolute atomic E-state index is 6.19. The molecule has 2 aromatic carbocycles.